The summed E-state index contributed by atoms with van der Waals surface area (Å²) in [6.45, 7) is 5.53. The van der Waals surface area contributed by atoms with Crippen molar-refractivity contribution >= 4 is 33.3 Å². The van der Waals surface area contributed by atoms with Crippen molar-refractivity contribution in [3.8, 4) is 0 Å². The smallest absolute Gasteiger partial charge is 0.274 e. The number of nitrogens with one attached hydrogen (secondary N) is 1. The second-order valence-electron chi connectivity index (χ2n) is 6.14. The van der Waals surface area contributed by atoms with Crippen LogP contribution in [0.3, 0.4) is 0 Å². The minimum absolute atomic E-state index is 0.0204. The number of anilines is 1. The highest BCUT2D eigenvalue weighted by atomic mass is 32.1. The van der Waals surface area contributed by atoms with Crippen molar-refractivity contribution in [2.75, 3.05) is 11.9 Å². The molecule has 0 spiro atoms. The van der Waals surface area contributed by atoms with E-state index in [9.17, 15) is 4.79 Å². The number of aromatic nitrogens is 3. The Hall–Kier alpha value is -2.25. The Bertz CT molecular complexity index is 924. The lowest BCUT2D eigenvalue weighted by molar-refractivity contribution is 0.101. The molecule has 1 atom stereocenters. The molecule has 0 bridgehead atoms. The Morgan fingerprint density at radius 3 is 3.00 bits per heavy atom. The quantitative estimate of drug-likeness (QED) is 0.769. The zero-order valence-corrected chi connectivity index (χ0v) is 15.1. The molecule has 3 heterocycles. The summed E-state index contributed by atoms with van der Waals surface area (Å²) >= 11 is 1.39. The van der Waals surface area contributed by atoms with Crippen LogP contribution in [0, 0.1) is 6.92 Å². The molecule has 0 saturated carbocycles. The number of benzene rings is 1. The molecule has 1 unspecified atom stereocenters. The van der Waals surface area contributed by atoms with Crippen LogP contribution in [0.15, 0.2) is 24.3 Å². The number of hydrogen-bond acceptors (Lipinski definition) is 5. The van der Waals surface area contributed by atoms with Gasteiger partial charge in [-0.3, -0.25) is 10.1 Å². The van der Waals surface area contributed by atoms with Gasteiger partial charge in [0.2, 0.25) is 5.13 Å². The highest BCUT2D eigenvalue weighted by Gasteiger charge is 2.24. The molecule has 3 aromatic rings. The lowest BCUT2D eigenvalue weighted by Crippen LogP contribution is -2.17. The Kier molecular flexibility index (Phi) is 4.27. The summed E-state index contributed by atoms with van der Waals surface area (Å²) in [5, 5.41) is 13.6. The SMILES string of the molecule is CCn1c(C(=O)Nc2nnc(C3CCCO3)s2)c(C)c2ccccc21. The van der Waals surface area contributed by atoms with Gasteiger partial charge in [0, 0.05) is 24.1 Å². The van der Waals surface area contributed by atoms with E-state index in [0.29, 0.717) is 10.8 Å². The molecule has 0 aliphatic carbocycles. The van der Waals surface area contributed by atoms with Crippen molar-refractivity contribution in [1.29, 1.82) is 0 Å². The molecule has 1 aromatic carbocycles. The number of para-hydroxylation sites is 1. The van der Waals surface area contributed by atoms with Gasteiger partial charge in [-0.15, -0.1) is 10.2 Å². The van der Waals surface area contributed by atoms with Crippen LogP contribution in [0.4, 0.5) is 5.13 Å². The fourth-order valence-electron chi connectivity index (χ4n) is 3.44. The Morgan fingerprint density at radius 2 is 2.24 bits per heavy atom. The summed E-state index contributed by atoms with van der Waals surface area (Å²) < 4.78 is 7.67. The maximum Gasteiger partial charge on any atom is 0.274 e. The average Bonchev–Trinajstić information content (AvgIpc) is 3.34. The second-order valence-corrected chi connectivity index (χ2v) is 7.15. The number of fused-ring (bicyclic) bond motifs is 1. The molecular formula is C18H20N4O2S. The molecule has 6 nitrogen and oxygen atoms in total. The van der Waals surface area contributed by atoms with Gasteiger partial charge in [-0.25, -0.2) is 0 Å². The molecule has 1 aliphatic heterocycles. The molecule has 1 saturated heterocycles. The Morgan fingerprint density at radius 1 is 1.40 bits per heavy atom. The van der Waals surface area contributed by atoms with E-state index >= 15 is 0 Å². The third-order valence-electron chi connectivity index (χ3n) is 4.62. The first kappa shape index (κ1) is 16.2. The number of nitrogens with zero attached hydrogens (tertiary/aromatic N) is 3. The Labute approximate surface area is 149 Å². The number of rotatable bonds is 4. The van der Waals surface area contributed by atoms with Gasteiger partial charge in [0.15, 0.2) is 0 Å². The fourth-order valence-corrected chi connectivity index (χ4v) is 4.26. The van der Waals surface area contributed by atoms with Crippen molar-refractivity contribution in [2.24, 2.45) is 0 Å². The summed E-state index contributed by atoms with van der Waals surface area (Å²) in [7, 11) is 0. The number of aryl methyl sites for hydroxylation is 2. The zero-order chi connectivity index (χ0) is 17.4. The van der Waals surface area contributed by atoms with E-state index in [2.05, 4.69) is 15.5 Å². The molecule has 1 N–H and O–H groups in total. The standard InChI is InChI=1S/C18H20N4O2S/c1-3-22-13-8-5-4-7-12(13)11(2)15(22)16(23)19-18-21-20-17(25-18)14-9-6-10-24-14/h4-5,7-8,14H,3,6,9-10H2,1-2H3,(H,19,21,23). The third kappa shape index (κ3) is 2.83. The predicted molar refractivity (Wildman–Crippen MR) is 98.1 cm³/mol. The van der Waals surface area contributed by atoms with Gasteiger partial charge in [0.1, 0.15) is 16.8 Å². The summed E-state index contributed by atoms with van der Waals surface area (Å²) in [5.74, 6) is -0.148. The van der Waals surface area contributed by atoms with Crippen molar-refractivity contribution < 1.29 is 9.53 Å². The number of carbonyl (C=O) groups excluding carboxylic acids is 1. The van der Waals surface area contributed by atoms with Gasteiger partial charge in [0.05, 0.1) is 0 Å². The van der Waals surface area contributed by atoms with Gasteiger partial charge >= 0.3 is 0 Å². The Balaban J connectivity index is 1.63. The second kappa shape index (κ2) is 6.57. The zero-order valence-electron chi connectivity index (χ0n) is 14.3. The van der Waals surface area contributed by atoms with E-state index in [4.69, 9.17) is 4.74 Å². The summed E-state index contributed by atoms with van der Waals surface area (Å²) in [6.07, 6.45) is 2.03. The van der Waals surface area contributed by atoms with Gasteiger partial charge in [-0.05, 0) is 38.3 Å². The van der Waals surface area contributed by atoms with Crippen LogP contribution in [0.2, 0.25) is 0 Å². The first-order chi connectivity index (χ1) is 12.2. The normalized spacial score (nSPS) is 17.3. The van der Waals surface area contributed by atoms with Crippen LogP contribution < -0.4 is 5.32 Å². The van der Waals surface area contributed by atoms with E-state index in [0.717, 1.165) is 47.5 Å². The van der Waals surface area contributed by atoms with Crippen LogP contribution in [0.5, 0.6) is 0 Å². The number of hydrogen-bond donors (Lipinski definition) is 1. The maximum absolute atomic E-state index is 12.9. The number of ether oxygens (including phenoxy) is 1. The minimum atomic E-state index is -0.148. The molecule has 25 heavy (non-hydrogen) atoms. The first-order valence-electron chi connectivity index (χ1n) is 8.53. The van der Waals surface area contributed by atoms with E-state index in [1.54, 1.807) is 0 Å². The summed E-state index contributed by atoms with van der Waals surface area (Å²) in [5.41, 5.74) is 2.74. The minimum Gasteiger partial charge on any atom is -0.371 e. The van der Waals surface area contributed by atoms with Crippen molar-refractivity contribution in [2.45, 2.75) is 39.3 Å². The van der Waals surface area contributed by atoms with Gasteiger partial charge in [-0.2, -0.15) is 0 Å². The summed E-state index contributed by atoms with van der Waals surface area (Å²) in [4.78, 5) is 12.9. The van der Waals surface area contributed by atoms with Crippen molar-refractivity contribution in [3.05, 3.63) is 40.5 Å². The molecule has 1 fully saturated rings. The lowest BCUT2D eigenvalue weighted by atomic mass is 10.1. The lowest BCUT2D eigenvalue weighted by Gasteiger charge is -2.08. The first-order valence-corrected chi connectivity index (χ1v) is 9.35. The highest BCUT2D eigenvalue weighted by molar-refractivity contribution is 7.15. The third-order valence-corrected chi connectivity index (χ3v) is 5.55. The number of carbonyl (C=O) groups is 1. The monoisotopic (exact) mass is 356 g/mol. The fraction of sp³-hybridized carbons (Fsp3) is 0.389. The van der Waals surface area contributed by atoms with Crippen LogP contribution >= 0.6 is 11.3 Å². The highest BCUT2D eigenvalue weighted by Crippen LogP contribution is 2.32. The largest absolute Gasteiger partial charge is 0.371 e. The molecule has 4 rings (SSSR count). The van der Waals surface area contributed by atoms with Crippen LogP contribution in [-0.2, 0) is 11.3 Å². The average molecular weight is 356 g/mol. The van der Waals surface area contributed by atoms with Crippen LogP contribution in [0.1, 0.15) is 46.9 Å². The van der Waals surface area contributed by atoms with Gasteiger partial charge in [-0.1, -0.05) is 29.5 Å². The van der Waals surface area contributed by atoms with Crippen molar-refractivity contribution in [3.63, 3.8) is 0 Å². The number of amides is 1. The molecule has 1 aliphatic rings. The van der Waals surface area contributed by atoms with Crippen molar-refractivity contribution in [1.82, 2.24) is 14.8 Å². The van der Waals surface area contributed by atoms with Gasteiger partial charge in [0.25, 0.3) is 5.91 Å². The molecule has 1 amide bonds. The van der Waals surface area contributed by atoms with Crippen LogP contribution in [0.25, 0.3) is 10.9 Å². The molecule has 2 aromatic heterocycles. The molecular weight excluding hydrogens is 336 g/mol. The van der Waals surface area contributed by atoms with E-state index < -0.39 is 0 Å². The van der Waals surface area contributed by atoms with Crippen LogP contribution in [-0.4, -0.2) is 27.3 Å². The topological polar surface area (TPSA) is 69.0 Å². The molecule has 130 valence electrons. The molecule has 0 radical (unpaired) electrons. The van der Waals surface area contributed by atoms with E-state index in [1.807, 2.05) is 42.7 Å². The molecule has 7 heteroatoms. The predicted octanol–water partition coefficient (Wildman–Crippen LogP) is 3.92. The van der Waals surface area contributed by atoms with E-state index in [1.165, 1.54) is 11.3 Å². The summed E-state index contributed by atoms with van der Waals surface area (Å²) in [6, 6.07) is 8.08. The maximum atomic E-state index is 12.9. The van der Waals surface area contributed by atoms with E-state index in [-0.39, 0.29) is 12.0 Å². The van der Waals surface area contributed by atoms with Gasteiger partial charge < -0.3 is 9.30 Å².